The molecule has 1 saturated heterocycles. The Morgan fingerprint density at radius 2 is 1.81 bits per heavy atom. The first-order valence-electron chi connectivity index (χ1n) is 11.1. The van der Waals surface area contributed by atoms with Gasteiger partial charge in [-0.15, -0.1) is 0 Å². The average Bonchev–Trinajstić information content (AvgIpc) is 3.07. The smallest absolute Gasteiger partial charge is 0.265 e. The second-order valence-corrected chi connectivity index (χ2v) is 8.62. The molecule has 7 heteroatoms. The fraction of sp³-hybridized carbons (Fsp3) is 0.440. The van der Waals surface area contributed by atoms with Gasteiger partial charge in [0.25, 0.3) is 5.91 Å². The summed E-state index contributed by atoms with van der Waals surface area (Å²) >= 11 is 0. The van der Waals surface area contributed by atoms with Gasteiger partial charge in [0.05, 0.1) is 12.6 Å². The maximum absolute atomic E-state index is 13.4. The minimum absolute atomic E-state index is 0.0135. The Balaban J connectivity index is 1.63. The van der Waals surface area contributed by atoms with E-state index in [-0.39, 0.29) is 30.6 Å². The number of benzene rings is 2. The molecule has 0 unspecified atom stereocenters. The van der Waals surface area contributed by atoms with E-state index in [9.17, 15) is 9.59 Å². The molecule has 4 rings (SSSR count). The maximum Gasteiger partial charge on any atom is 0.265 e. The number of fused-ring (bicyclic) bond motifs is 2. The predicted octanol–water partition coefficient (Wildman–Crippen LogP) is 3.42. The van der Waals surface area contributed by atoms with Crippen molar-refractivity contribution in [3.8, 4) is 5.75 Å². The lowest BCUT2D eigenvalue weighted by atomic mass is 10.0. The van der Waals surface area contributed by atoms with Gasteiger partial charge in [-0.1, -0.05) is 36.4 Å². The average molecular weight is 439 g/mol. The van der Waals surface area contributed by atoms with Gasteiger partial charge in [-0.3, -0.25) is 9.59 Å². The van der Waals surface area contributed by atoms with Crippen molar-refractivity contribution in [1.82, 2.24) is 5.32 Å². The summed E-state index contributed by atoms with van der Waals surface area (Å²) in [5, 5.41) is 2.97. The van der Waals surface area contributed by atoms with Crippen molar-refractivity contribution >= 4 is 17.5 Å². The Bertz CT molecular complexity index is 946. The zero-order valence-electron chi connectivity index (χ0n) is 18.6. The molecule has 2 aromatic carbocycles. The molecule has 2 aliphatic heterocycles. The van der Waals surface area contributed by atoms with Crippen LogP contribution in [0.2, 0.25) is 0 Å². The minimum Gasteiger partial charge on any atom is -0.484 e. The van der Waals surface area contributed by atoms with Crippen LogP contribution < -0.4 is 15.0 Å². The second-order valence-electron chi connectivity index (χ2n) is 8.62. The van der Waals surface area contributed by atoms with Gasteiger partial charge in [0, 0.05) is 18.7 Å². The molecule has 0 bridgehead atoms. The molecule has 0 spiro atoms. The topological polar surface area (TPSA) is 77.1 Å². The molecule has 0 radical (unpaired) electrons. The van der Waals surface area contributed by atoms with Gasteiger partial charge in [0.2, 0.25) is 5.91 Å². The Kier molecular flexibility index (Phi) is 6.77. The lowest BCUT2D eigenvalue weighted by molar-refractivity contribution is -0.146. The molecule has 32 heavy (non-hydrogen) atoms. The summed E-state index contributed by atoms with van der Waals surface area (Å²) < 4.78 is 18.0. The Labute approximate surface area is 188 Å². The summed E-state index contributed by atoms with van der Waals surface area (Å²) in [6.45, 7) is 4.35. The molecule has 2 heterocycles. The molecule has 2 atom stereocenters. The number of rotatable bonds is 3. The largest absolute Gasteiger partial charge is 0.484 e. The highest BCUT2D eigenvalue weighted by molar-refractivity contribution is 5.95. The number of nitrogens with one attached hydrogen (secondary N) is 1. The van der Waals surface area contributed by atoms with E-state index >= 15 is 0 Å². The van der Waals surface area contributed by atoms with Crippen LogP contribution in [0.4, 0.5) is 5.69 Å². The van der Waals surface area contributed by atoms with Crippen molar-refractivity contribution in [3.63, 3.8) is 0 Å². The first kappa shape index (κ1) is 22.3. The number of nitrogens with zero attached hydrogens (tertiary/aromatic N) is 1. The fourth-order valence-electron chi connectivity index (χ4n) is 4.23. The number of anilines is 1. The molecule has 2 aromatic rings. The predicted molar refractivity (Wildman–Crippen MR) is 120 cm³/mol. The number of amides is 2. The molecule has 2 amide bonds. The number of carbonyl (C=O) groups is 2. The molecular weight excluding hydrogens is 408 g/mol. The maximum atomic E-state index is 13.4. The van der Waals surface area contributed by atoms with Crippen LogP contribution in [0.25, 0.3) is 0 Å². The van der Waals surface area contributed by atoms with Crippen LogP contribution in [-0.2, 0) is 25.6 Å². The Morgan fingerprint density at radius 3 is 2.62 bits per heavy atom. The van der Waals surface area contributed by atoms with Crippen molar-refractivity contribution < 1.29 is 23.8 Å². The molecular formula is C25H30N2O5. The zero-order chi connectivity index (χ0) is 22.6. The minimum atomic E-state index is -0.744. The SMILES string of the molecule is CC1(C)O[C@H]2CCCC(=O)NCc3ccccc3N(C(=O)COc3ccccc3)C[C@H]2O1. The third-order valence-corrected chi connectivity index (χ3v) is 5.71. The van der Waals surface area contributed by atoms with Crippen molar-refractivity contribution in [2.45, 2.75) is 57.6 Å². The van der Waals surface area contributed by atoms with Gasteiger partial charge in [0.1, 0.15) is 11.9 Å². The van der Waals surface area contributed by atoms with E-state index in [1.54, 1.807) is 4.90 Å². The fourth-order valence-corrected chi connectivity index (χ4v) is 4.23. The van der Waals surface area contributed by atoms with Crippen LogP contribution in [0.15, 0.2) is 54.6 Å². The lowest BCUT2D eigenvalue weighted by Crippen LogP contribution is -2.44. The van der Waals surface area contributed by atoms with Crippen LogP contribution in [0.1, 0.15) is 38.7 Å². The molecule has 0 aliphatic carbocycles. The Morgan fingerprint density at radius 1 is 1.09 bits per heavy atom. The normalized spacial score (nSPS) is 23.2. The van der Waals surface area contributed by atoms with Gasteiger partial charge in [0.15, 0.2) is 12.4 Å². The quantitative estimate of drug-likeness (QED) is 0.795. The van der Waals surface area contributed by atoms with E-state index in [0.717, 1.165) is 11.3 Å². The summed E-state index contributed by atoms with van der Waals surface area (Å²) in [5.41, 5.74) is 1.60. The number of hydrogen-bond acceptors (Lipinski definition) is 5. The molecule has 1 N–H and O–H groups in total. The molecule has 1 fully saturated rings. The Hall–Kier alpha value is -2.90. The van der Waals surface area contributed by atoms with E-state index in [2.05, 4.69) is 5.32 Å². The van der Waals surface area contributed by atoms with E-state index in [1.807, 2.05) is 68.4 Å². The van der Waals surface area contributed by atoms with Crippen molar-refractivity contribution in [1.29, 1.82) is 0 Å². The highest BCUT2D eigenvalue weighted by atomic mass is 16.8. The molecule has 0 aromatic heterocycles. The van der Waals surface area contributed by atoms with Crippen LogP contribution in [0.5, 0.6) is 5.75 Å². The van der Waals surface area contributed by atoms with Gasteiger partial charge in [-0.25, -0.2) is 0 Å². The highest BCUT2D eigenvalue weighted by Gasteiger charge is 2.42. The van der Waals surface area contributed by atoms with E-state index in [0.29, 0.717) is 38.1 Å². The summed E-state index contributed by atoms with van der Waals surface area (Å²) in [5.74, 6) is -0.306. The molecule has 0 saturated carbocycles. The number of ether oxygens (including phenoxy) is 3. The monoisotopic (exact) mass is 438 g/mol. The van der Waals surface area contributed by atoms with Gasteiger partial charge < -0.3 is 24.4 Å². The standard InChI is InChI=1S/C25H30N2O5/c1-25(2)31-21-13-8-14-23(28)26-15-18-9-6-7-12-20(18)27(16-22(21)32-25)24(29)17-30-19-10-4-3-5-11-19/h3-7,9-12,21-22H,8,13-17H2,1-2H3,(H,26,28)/t21-,22+/m0/s1. The van der Waals surface area contributed by atoms with Gasteiger partial charge in [-0.2, -0.15) is 0 Å². The number of hydrogen-bond donors (Lipinski definition) is 1. The highest BCUT2D eigenvalue weighted by Crippen LogP contribution is 2.33. The van der Waals surface area contributed by atoms with Crippen molar-refractivity contribution in [2.75, 3.05) is 18.1 Å². The summed E-state index contributed by atoms with van der Waals surface area (Å²) in [6, 6.07) is 16.9. The number of carbonyl (C=O) groups excluding carboxylic acids is 2. The molecule has 7 nitrogen and oxygen atoms in total. The molecule has 2 aliphatic rings. The van der Waals surface area contributed by atoms with Crippen LogP contribution >= 0.6 is 0 Å². The molecule has 170 valence electrons. The van der Waals surface area contributed by atoms with Gasteiger partial charge in [-0.05, 0) is 50.5 Å². The lowest BCUT2D eigenvalue weighted by Gasteiger charge is -2.30. The van der Waals surface area contributed by atoms with Crippen LogP contribution in [-0.4, -0.2) is 43.0 Å². The van der Waals surface area contributed by atoms with Crippen LogP contribution in [0, 0.1) is 0 Å². The summed E-state index contributed by atoms with van der Waals surface area (Å²) in [6.07, 6.45) is 1.31. The second kappa shape index (κ2) is 9.71. The van der Waals surface area contributed by atoms with E-state index in [1.165, 1.54) is 0 Å². The van der Waals surface area contributed by atoms with Gasteiger partial charge >= 0.3 is 0 Å². The van der Waals surface area contributed by atoms with Crippen LogP contribution in [0.3, 0.4) is 0 Å². The van der Waals surface area contributed by atoms with Crippen molar-refractivity contribution in [3.05, 3.63) is 60.2 Å². The number of para-hydroxylation sites is 2. The van der Waals surface area contributed by atoms with E-state index in [4.69, 9.17) is 14.2 Å². The summed E-state index contributed by atoms with van der Waals surface area (Å²) in [7, 11) is 0. The first-order valence-corrected chi connectivity index (χ1v) is 11.1. The zero-order valence-corrected chi connectivity index (χ0v) is 18.6. The van der Waals surface area contributed by atoms with E-state index < -0.39 is 5.79 Å². The third kappa shape index (κ3) is 5.47. The third-order valence-electron chi connectivity index (χ3n) is 5.71. The summed E-state index contributed by atoms with van der Waals surface area (Å²) in [4.78, 5) is 27.4. The first-order chi connectivity index (χ1) is 15.4. The van der Waals surface area contributed by atoms with Crippen molar-refractivity contribution in [2.24, 2.45) is 0 Å².